The highest BCUT2D eigenvalue weighted by Crippen LogP contribution is 2.34. The fourth-order valence-corrected chi connectivity index (χ4v) is 3.28. The topological polar surface area (TPSA) is 80.2 Å². The van der Waals surface area contributed by atoms with Gasteiger partial charge in [-0.05, 0) is 38.1 Å². The number of hydrogen-bond acceptors (Lipinski definition) is 5. The molecule has 0 spiro atoms. The monoisotopic (exact) mass is 429 g/mol. The molecule has 0 bridgehead atoms. The van der Waals surface area contributed by atoms with E-state index in [1.807, 2.05) is 13.8 Å². The number of hydrogen-bond donors (Lipinski definition) is 1. The van der Waals surface area contributed by atoms with E-state index in [4.69, 9.17) is 4.74 Å². The number of carbonyl (C=O) groups is 1. The summed E-state index contributed by atoms with van der Waals surface area (Å²) in [5.41, 5.74) is 1.47. The van der Waals surface area contributed by atoms with Crippen molar-refractivity contribution < 1.29 is 22.7 Å². The number of amides is 2. The molecule has 0 unspecified atom stereocenters. The summed E-state index contributed by atoms with van der Waals surface area (Å²) >= 11 is 0. The van der Waals surface area contributed by atoms with Gasteiger partial charge in [0.05, 0.1) is 18.3 Å². The van der Waals surface area contributed by atoms with Crippen molar-refractivity contribution >= 4 is 17.5 Å². The number of alkyl halides is 3. The van der Waals surface area contributed by atoms with Crippen LogP contribution in [0.3, 0.4) is 0 Å². The molecule has 2 aromatic heterocycles. The van der Waals surface area contributed by atoms with Crippen LogP contribution >= 0.6 is 0 Å². The predicted octanol–water partition coefficient (Wildman–Crippen LogP) is 4.61. The van der Waals surface area contributed by atoms with E-state index < -0.39 is 17.8 Å². The third kappa shape index (κ3) is 4.42. The number of pyridine rings is 1. The van der Waals surface area contributed by atoms with Gasteiger partial charge < -0.3 is 10.1 Å². The molecule has 7 nitrogen and oxygen atoms in total. The van der Waals surface area contributed by atoms with Crippen molar-refractivity contribution in [1.29, 1.82) is 0 Å². The van der Waals surface area contributed by atoms with Crippen LogP contribution in [-0.4, -0.2) is 34.1 Å². The smallest absolute Gasteiger partial charge is 0.416 e. The third-order valence-corrected chi connectivity index (χ3v) is 4.59. The van der Waals surface area contributed by atoms with Gasteiger partial charge in [-0.2, -0.15) is 13.2 Å². The van der Waals surface area contributed by atoms with E-state index in [0.717, 1.165) is 23.5 Å². The number of nitrogens with one attached hydrogen (secondary N) is 1. The Morgan fingerprint density at radius 2 is 1.87 bits per heavy atom. The molecule has 4 rings (SSSR count). The van der Waals surface area contributed by atoms with E-state index in [9.17, 15) is 18.0 Å². The highest BCUT2D eigenvalue weighted by molar-refractivity contribution is 6.02. The molecule has 3 aromatic rings. The number of aryl methyl sites for hydroxylation is 2. The third-order valence-electron chi connectivity index (χ3n) is 4.59. The van der Waals surface area contributed by atoms with Crippen LogP contribution in [0.15, 0.2) is 42.6 Å². The molecule has 160 valence electrons. The van der Waals surface area contributed by atoms with E-state index in [0.29, 0.717) is 5.69 Å². The lowest BCUT2D eigenvalue weighted by Gasteiger charge is -2.28. The lowest BCUT2D eigenvalue weighted by atomic mass is 10.1. The summed E-state index contributed by atoms with van der Waals surface area (Å²) in [6.45, 7) is 4.10. The summed E-state index contributed by atoms with van der Waals surface area (Å²) < 4.78 is 44.7. The van der Waals surface area contributed by atoms with Gasteiger partial charge in [-0.25, -0.2) is 14.8 Å². The lowest BCUT2D eigenvalue weighted by Crippen LogP contribution is -2.41. The summed E-state index contributed by atoms with van der Waals surface area (Å²) in [6, 6.07) is 7.75. The Hall–Kier alpha value is -3.69. The summed E-state index contributed by atoms with van der Waals surface area (Å²) in [5, 5.41) is 2.80. The van der Waals surface area contributed by atoms with Gasteiger partial charge in [0, 0.05) is 22.6 Å². The fourth-order valence-electron chi connectivity index (χ4n) is 3.28. The van der Waals surface area contributed by atoms with Gasteiger partial charge in [0.15, 0.2) is 17.4 Å². The van der Waals surface area contributed by atoms with Crippen molar-refractivity contribution in [3.05, 3.63) is 59.5 Å². The summed E-state index contributed by atoms with van der Waals surface area (Å²) in [5.74, 6) is 0.525. The first-order chi connectivity index (χ1) is 14.7. The van der Waals surface area contributed by atoms with E-state index >= 15 is 0 Å². The predicted molar refractivity (Wildman–Crippen MR) is 108 cm³/mol. The van der Waals surface area contributed by atoms with Gasteiger partial charge in [-0.1, -0.05) is 12.1 Å². The van der Waals surface area contributed by atoms with Crippen LogP contribution in [0, 0.1) is 13.8 Å². The highest BCUT2D eigenvalue weighted by atomic mass is 19.4. The molecule has 0 fully saturated rings. The molecule has 10 heteroatoms. The SMILES string of the molecule is Cc1cc(NC(=O)N2CCOc3cnc(-c4cccc(C(F)(F)F)c4)nc32)cc(C)n1. The molecule has 1 aliphatic heterocycles. The van der Waals surface area contributed by atoms with Gasteiger partial charge in [-0.15, -0.1) is 0 Å². The molecule has 1 aliphatic rings. The zero-order chi connectivity index (χ0) is 22.2. The van der Waals surface area contributed by atoms with Crippen LogP contribution in [0.2, 0.25) is 0 Å². The van der Waals surface area contributed by atoms with Crippen molar-refractivity contribution in [2.45, 2.75) is 20.0 Å². The molecule has 0 saturated heterocycles. The molecule has 0 radical (unpaired) electrons. The highest BCUT2D eigenvalue weighted by Gasteiger charge is 2.31. The number of urea groups is 1. The number of benzene rings is 1. The van der Waals surface area contributed by atoms with Crippen molar-refractivity contribution in [3.8, 4) is 17.1 Å². The van der Waals surface area contributed by atoms with E-state index in [-0.39, 0.29) is 36.1 Å². The summed E-state index contributed by atoms with van der Waals surface area (Å²) in [7, 11) is 0. The number of ether oxygens (including phenoxy) is 1. The van der Waals surface area contributed by atoms with Crippen molar-refractivity contribution in [1.82, 2.24) is 15.0 Å². The molecule has 0 atom stereocenters. The fraction of sp³-hybridized carbons (Fsp3) is 0.238. The number of anilines is 2. The maximum atomic E-state index is 13.1. The Balaban J connectivity index is 1.66. The average Bonchev–Trinajstić information content (AvgIpc) is 2.71. The van der Waals surface area contributed by atoms with Crippen LogP contribution in [0.1, 0.15) is 17.0 Å². The van der Waals surface area contributed by atoms with Crippen molar-refractivity contribution in [3.63, 3.8) is 0 Å². The maximum Gasteiger partial charge on any atom is 0.416 e. The second-order valence-electron chi connectivity index (χ2n) is 7.03. The van der Waals surface area contributed by atoms with Gasteiger partial charge in [-0.3, -0.25) is 9.88 Å². The quantitative estimate of drug-likeness (QED) is 0.644. The van der Waals surface area contributed by atoms with Gasteiger partial charge >= 0.3 is 12.2 Å². The minimum atomic E-state index is -4.49. The van der Waals surface area contributed by atoms with Crippen LogP contribution in [0.25, 0.3) is 11.4 Å². The second kappa shape index (κ2) is 7.86. The molecule has 0 saturated carbocycles. The van der Waals surface area contributed by atoms with E-state index in [1.54, 1.807) is 12.1 Å². The first-order valence-corrected chi connectivity index (χ1v) is 9.42. The lowest BCUT2D eigenvalue weighted by molar-refractivity contribution is -0.137. The Bertz CT molecular complexity index is 1130. The molecular weight excluding hydrogens is 411 g/mol. The Morgan fingerprint density at radius 3 is 2.58 bits per heavy atom. The minimum Gasteiger partial charge on any atom is -0.486 e. The average molecular weight is 429 g/mol. The normalized spacial score (nSPS) is 13.4. The molecule has 3 heterocycles. The number of nitrogens with zero attached hydrogens (tertiary/aromatic N) is 4. The number of carbonyl (C=O) groups excluding carboxylic acids is 1. The van der Waals surface area contributed by atoms with Crippen molar-refractivity contribution in [2.75, 3.05) is 23.4 Å². The Morgan fingerprint density at radius 1 is 1.13 bits per heavy atom. The number of fused-ring (bicyclic) bond motifs is 1. The zero-order valence-corrected chi connectivity index (χ0v) is 16.7. The molecule has 1 aromatic carbocycles. The van der Waals surface area contributed by atoms with Crippen LogP contribution in [0.5, 0.6) is 5.75 Å². The van der Waals surface area contributed by atoms with Crippen LogP contribution < -0.4 is 15.0 Å². The molecular formula is C21H18F3N5O2. The molecule has 31 heavy (non-hydrogen) atoms. The molecule has 2 amide bonds. The summed E-state index contributed by atoms with van der Waals surface area (Å²) in [6.07, 6.45) is -3.13. The van der Waals surface area contributed by atoms with Crippen molar-refractivity contribution in [2.24, 2.45) is 0 Å². The van der Waals surface area contributed by atoms with Crippen LogP contribution in [0.4, 0.5) is 29.5 Å². The first kappa shape index (κ1) is 20.6. The van der Waals surface area contributed by atoms with E-state index in [1.165, 1.54) is 23.2 Å². The molecule has 0 aliphatic carbocycles. The Kier molecular flexibility index (Phi) is 5.22. The molecule has 1 N–H and O–H groups in total. The Labute approximate surface area is 175 Å². The number of aromatic nitrogens is 3. The minimum absolute atomic E-state index is 0.0590. The van der Waals surface area contributed by atoms with E-state index in [2.05, 4.69) is 20.3 Å². The van der Waals surface area contributed by atoms with Crippen LogP contribution in [-0.2, 0) is 6.18 Å². The summed E-state index contributed by atoms with van der Waals surface area (Å²) in [4.78, 5) is 27.0. The first-order valence-electron chi connectivity index (χ1n) is 9.42. The number of halogens is 3. The maximum absolute atomic E-state index is 13.1. The standard InChI is InChI=1S/C21H18F3N5O2/c1-12-8-16(9-13(2)26-12)27-20(30)29-6-7-31-17-11-25-18(28-19(17)29)14-4-3-5-15(10-14)21(22,23)24/h3-5,8-11H,6-7H2,1-2H3,(H,26,27,30). The zero-order valence-electron chi connectivity index (χ0n) is 16.7. The largest absolute Gasteiger partial charge is 0.486 e. The van der Waals surface area contributed by atoms with Gasteiger partial charge in [0.1, 0.15) is 6.61 Å². The number of rotatable bonds is 2. The second-order valence-corrected chi connectivity index (χ2v) is 7.03. The van der Waals surface area contributed by atoms with Gasteiger partial charge in [0.2, 0.25) is 0 Å². The van der Waals surface area contributed by atoms with Gasteiger partial charge in [0.25, 0.3) is 0 Å².